The number of hydrogen-bond acceptors (Lipinski definition) is 3. The first-order valence-corrected chi connectivity index (χ1v) is 12.1. The molecule has 1 aliphatic heterocycles. The van der Waals surface area contributed by atoms with Crippen molar-refractivity contribution in [1.29, 1.82) is 0 Å². The predicted octanol–water partition coefficient (Wildman–Crippen LogP) is 7.29. The highest BCUT2D eigenvalue weighted by Crippen LogP contribution is 2.38. The standard InChI is InChI=1S/C29H27F3O3/c1-2-17-3-5-18(6-4-17)22-13-14-23(28(32)27(22)31)19-7-10-21(11-8-19)35-29(33)20-9-12-24(25(30)15-20)26-16-34-26/h3-6,9,12-15,19,21,26H,2,7-8,10-11,16H2,1H3. The summed E-state index contributed by atoms with van der Waals surface area (Å²) in [5, 5.41) is 0. The molecule has 1 saturated carbocycles. The first-order valence-electron chi connectivity index (χ1n) is 12.1. The highest BCUT2D eigenvalue weighted by molar-refractivity contribution is 5.89. The quantitative estimate of drug-likeness (QED) is 0.275. The fourth-order valence-corrected chi connectivity index (χ4v) is 4.88. The van der Waals surface area contributed by atoms with Crippen LogP contribution in [0.15, 0.2) is 54.6 Å². The Morgan fingerprint density at radius 2 is 1.60 bits per heavy atom. The molecule has 6 heteroatoms. The van der Waals surface area contributed by atoms with E-state index >= 15 is 4.39 Å². The van der Waals surface area contributed by atoms with Gasteiger partial charge in [-0.25, -0.2) is 18.0 Å². The Morgan fingerprint density at radius 3 is 2.23 bits per heavy atom. The molecular formula is C29H27F3O3. The lowest BCUT2D eigenvalue weighted by Gasteiger charge is -2.29. The van der Waals surface area contributed by atoms with E-state index in [0.29, 0.717) is 49.0 Å². The molecular weight excluding hydrogens is 453 g/mol. The summed E-state index contributed by atoms with van der Waals surface area (Å²) in [6, 6.07) is 15.1. The van der Waals surface area contributed by atoms with Gasteiger partial charge in [-0.15, -0.1) is 0 Å². The van der Waals surface area contributed by atoms with Gasteiger partial charge >= 0.3 is 5.97 Å². The molecule has 5 rings (SSSR count). The van der Waals surface area contributed by atoms with Crippen LogP contribution >= 0.6 is 0 Å². The number of carbonyl (C=O) groups excluding carboxylic acids is 1. The summed E-state index contributed by atoms with van der Waals surface area (Å²) in [4.78, 5) is 12.5. The van der Waals surface area contributed by atoms with E-state index in [4.69, 9.17) is 9.47 Å². The molecule has 1 saturated heterocycles. The predicted molar refractivity (Wildman–Crippen MR) is 127 cm³/mol. The number of esters is 1. The molecule has 1 heterocycles. The fraction of sp³-hybridized carbons (Fsp3) is 0.345. The monoisotopic (exact) mass is 480 g/mol. The first kappa shape index (κ1) is 23.6. The maximum atomic E-state index is 15.0. The summed E-state index contributed by atoms with van der Waals surface area (Å²) in [6.07, 6.45) is 2.54. The van der Waals surface area contributed by atoms with Gasteiger partial charge in [-0.2, -0.15) is 0 Å². The van der Waals surface area contributed by atoms with Crippen LogP contribution in [0, 0.1) is 17.5 Å². The molecule has 0 radical (unpaired) electrons. The van der Waals surface area contributed by atoms with E-state index in [0.717, 1.165) is 12.0 Å². The smallest absolute Gasteiger partial charge is 0.338 e. The molecule has 3 nitrogen and oxygen atoms in total. The van der Waals surface area contributed by atoms with Crippen molar-refractivity contribution in [2.75, 3.05) is 6.61 Å². The van der Waals surface area contributed by atoms with Crippen molar-refractivity contribution in [2.45, 2.75) is 57.2 Å². The van der Waals surface area contributed by atoms with Gasteiger partial charge in [0.1, 0.15) is 18.0 Å². The molecule has 2 fully saturated rings. The maximum Gasteiger partial charge on any atom is 0.338 e. The second-order valence-corrected chi connectivity index (χ2v) is 9.32. The van der Waals surface area contributed by atoms with Crippen LogP contribution in [-0.2, 0) is 15.9 Å². The molecule has 0 amide bonds. The summed E-state index contributed by atoms with van der Waals surface area (Å²) in [5.41, 5.74) is 3.00. The summed E-state index contributed by atoms with van der Waals surface area (Å²) >= 11 is 0. The number of aryl methyl sites for hydroxylation is 1. The van der Waals surface area contributed by atoms with Gasteiger partial charge in [-0.3, -0.25) is 0 Å². The lowest BCUT2D eigenvalue weighted by Crippen LogP contribution is -2.24. The third-order valence-electron chi connectivity index (χ3n) is 7.09. The number of carbonyl (C=O) groups is 1. The third kappa shape index (κ3) is 4.98. The van der Waals surface area contributed by atoms with E-state index in [-0.39, 0.29) is 29.3 Å². The van der Waals surface area contributed by atoms with E-state index in [9.17, 15) is 13.6 Å². The van der Waals surface area contributed by atoms with E-state index in [2.05, 4.69) is 0 Å². The fourth-order valence-electron chi connectivity index (χ4n) is 4.88. The molecule has 3 aromatic rings. The average Bonchev–Trinajstić information content (AvgIpc) is 3.72. The van der Waals surface area contributed by atoms with Crippen LogP contribution in [0.1, 0.15) is 71.7 Å². The molecule has 0 N–H and O–H groups in total. The minimum atomic E-state index is -0.831. The number of halogens is 3. The zero-order valence-electron chi connectivity index (χ0n) is 19.5. The van der Waals surface area contributed by atoms with Gasteiger partial charge in [-0.05, 0) is 66.8 Å². The van der Waals surface area contributed by atoms with Crippen LogP contribution in [0.5, 0.6) is 0 Å². The lowest BCUT2D eigenvalue weighted by molar-refractivity contribution is 0.0193. The summed E-state index contributed by atoms with van der Waals surface area (Å²) < 4.78 is 54.9. The van der Waals surface area contributed by atoms with Crippen molar-refractivity contribution in [3.63, 3.8) is 0 Å². The van der Waals surface area contributed by atoms with E-state index in [1.807, 2.05) is 31.2 Å². The molecule has 182 valence electrons. The molecule has 35 heavy (non-hydrogen) atoms. The van der Waals surface area contributed by atoms with Gasteiger partial charge in [0.15, 0.2) is 11.6 Å². The van der Waals surface area contributed by atoms with Crippen LogP contribution < -0.4 is 0 Å². The summed E-state index contributed by atoms with van der Waals surface area (Å²) in [7, 11) is 0. The Morgan fingerprint density at radius 1 is 0.914 bits per heavy atom. The molecule has 0 bridgehead atoms. The average molecular weight is 481 g/mol. The second-order valence-electron chi connectivity index (χ2n) is 9.32. The Labute approximate surface area is 202 Å². The Kier molecular flexibility index (Phi) is 6.65. The number of rotatable bonds is 6. The molecule has 0 spiro atoms. The van der Waals surface area contributed by atoms with Crippen molar-refractivity contribution in [1.82, 2.24) is 0 Å². The van der Waals surface area contributed by atoms with Crippen molar-refractivity contribution in [3.8, 4) is 11.1 Å². The lowest BCUT2D eigenvalue weighted by atomic mass is 9.82. The molecule has 3 aromatic carbocycles. The molecule has 0 aromatic heterocycles. The van der Waals surface area contributed by atoms with Crippen LogP contribution in [0.3, 0.4) is 0 Å². The number of benzene rings is 3. The Bertz CT molecular complexity index is 1230. The number of epoxide rings is 1. The van der Waals surface area contributed by atoms with Crippen LogP contribution in [-0.4, -0.2) is 18.7 Å². The van der Waals surface area contributed by atoms with Gasteiger partial charge < -0.3 is 9.47 Å². The Balaban J connectivity index is 1.21. The normalized spacial score (nSPS) is 21.5. The van der Waals surface area contributed by atoms with Crippen molar-refractivity contribution in [2.24, 2.45) is 0 Å². The van der Waals surface area contributed by atoms with Gasteiger partial charge in [-0.1, -0.05) is 49.4 Å². The minimum absolute atomic E-state index is 0.147. The second kappa shape index (κ2) is 9.86. The van der Waals surface area contributed by atoms with Gasteiger partial charge in [0.2, 0.25) is 0 Å². The molecule has 1 aliphatic carbocycles. The molecule has 1 atom stereocenters. The van der Waals surface area contributed by atoms with Crippen molar-refractivity contribution < 1.29 is 27.4 Å². The van der Waals surface area contributed by atoms with Crippen molar-refractivity contribution >= 4 is 5.97 Å². The van der Waals surface area contributed by atoms with Gasteiger partial charge in [0.05, 0.1) is 12.2 Å². The number of ether oxygens (including phenoxy) is 2. The SMILES string of the molecule is CCc1ccc(-c2ccc(C3CCC(OC(=O)c4ccc(C5CO5)c(F)c4)CC3)c(F)c2F)cc1. The van der Waals surface area contributed by atoms with Crippen molar-refractivity contribution in [3.05, 3.63) is 94.3 Å². The number of hydrogen-bond donors (Lipinski definition) is 0. The van der Waals surface area contributed by atoms with Crippen LogP contribution in [0.25, 0.3) is 11.1 Å². The van der Waals surface area contributed by atoms with Crippen LogP contribution in [0.2, 0.25) is 0 Å². The van der Waals surface area contributed by atoms with E-state index < -0.39 is 23.4 Å². The maximum absolute atomic E-state index is 15.0. The topological polar surface area (TPSA) is 38.8 Å². The largest absolute Gasteiger partial charge is 0.459 e. The summed E-state index contributed by atoms with van der Waals surface area (Å²) in [6.45, 7) is 2.53. The molecule has 2 aliphatic rings. The van der Waals surface area contributed by atoms with Crippen LogP contribution in [0.4, 0.5) is 13.2 Å². The summed E-state index contributed by atoms with van der Waals surface area (Å²) in [5.74, 6) is -2.84. The minimum Gasteiger partial charge on any atom is -0.459 e. The zero-order valence-corrected chi connectivity index (χ0v) is 19.5. The third-order valence-corrected chi connectivity index (χ3v) is 7.09. The molecule has 1 unspecified atom stereocenters. The van der Waals surface area contributed by atoms with Gasteiger partial charge in [0.25, 0.3) is 0 Å². The van der Waals surface area contributed by atoms with E-state index in [1.165, 1.54) is 6.07 Å². The highest BCUT2D eigenvalue weighted by atomic mass is 19.2. The first-order chi connectivity index (χ1) is 16.9. The highest BCUT2D eigenvalue weighted by Gasteiger charge is 2.30. The van der Waals surface area contributed by atoms with Gasteiger partial charge in [0, 0.05) is 11.1 Å². The van der Waals surface area contributed by atoms with E-state index in [1.54, 1.807) is 24.3 Å². The Hall–Kier alpha value is -3.12. The zero-order chi connectivity index (χ0) is 24.5.